The molecule has 0 unspecified atom stereocenters. The van der Waals surface area contributed by atoms with Crippen molar-refractivity contribution in [1.82, 2.24) is 5.32 Å². The standard InChI is InChI=1S/C9H11BrN2/c10-6-2-1-3-7(11)9(6)8-4-5-12-8/h1-3,8,12H,4-5,11H2/t8-/m1/s1. The summed E-state index contributed by atoms with van der Waals surface area (Å²) < 4.78 is 1.11. The number of anilines is 1. The van der Waals surface area contributed by atoms with Crippen LogP contribution in [0.3, 0.4) is 0 Å². The molecule has 0 amide bonds. The summed E-state index contributed by atoms with van der Waals surface area (Å²) in [4.78, 5) is 0. The van der Waals surface area contributed by atoms with E-state index in [0.29, 0.717) is 6.04 Å². The molecule has 2 nitrogen and oxygen atoms in total. The molecule has 1 aliphatic rings. The predicted molar refractivity (Wildman–Crippen MR) is 53.9 cm³/mol. The van der Waals surface area contributed by atoms with Crippen LogP contribution in [0.4, 0.5) is 5.69 Å². The first-order chi connectivity index (χ1) is 5.79. The second-order valence-electron chi connectivity index (χ2n) is 3.04. The minimum absolute atomic E-state index is 0.459. The van der Waals surface area contributed by atoms with Gasteiger partial charge in [0.25, 0.3) is 0 Å². The van der Waals surface area contributed by atoms with E-state index in [4.69, 9.17) is 5.73 Å². The number of rotatable bonds is 1. The van der Waals surface area contributed by atoms with E-state index in [-0.39, 0.29) is 0 Å². The van der Waals surface area contributed by atoms with Gasteiger partial charge >= 0.3 is 0 Å². The van der Waals surface area contributed by atoms with Crippen LogP contribution in [0.25, 0.3) is 0 Å². The average Bonchev–Trinajstić information content (AvgIpc) is 1.93. The zero-order valence-corrected chi connectivity index (χ0v) is 8.26. The normalized spacial score (nSPS) is 21.9. The van der Waals surface area contributed by atoms with Crippen LogP contribution in [0.1, 0.15) is 18.0 Å². The van der Waals surface area contributed by atoms with Crippen molar-refractivity contribution in [2.24, 2.45) is 0 Å². The fraction of sp³-hybridized carbons (Fsp3) is 0.333. The van der Waals surface area contributed by atoms with Crippen molar-refractivity contribution < 1.29 is 0 Å². The van der Waals surface area contributed by atoms with E-state index < -0.39 is 0 Å². The van der Waals surface area contributed by atoms with Gasteiger partial charge in [0.15, 0.2) is 0 Å². The Morgan fingerprint density at radius 3 is 2.75 bits per heavy atom. The molecule has 12 heavy (non-hydrogen) atoms. The van der Waals surface area contributed by atoms with E-state index in [0.717, 1.165) is 16.7 Å². The van der Waals surface area contributed by atoms with E-state index in [1.54, 1.807) is 0 Å². The Hall–Kier alpha value is -0.540. The fourth-order valence-corrected chi connectivity index (χ4v) is 2.11. The molecule has 0 aliphatic carbocycles. The smallest absolute Gasteiger partial charge is 0.0373 e. The lowest BCUT2D eigenvalue weighted by molar-refractivity contribution is 0.383. The Morgan fingerprint density at radius 1 is 1.50 bits per heavy atom. The molecule has 0 bridgehead atoms. The van der Waals surface area contributed by atoms with Crippen LogP contribution >= 0.6 is 15.9 Å². The summed E-state index contributed by atoms with van der Waals surface area (Å²) in [7, 11) is 0. The fourth-order valence-electron chi connectivity index (χ4n) is 1.46. The second kappa shape index (κ2) is 3.07. The van der Waals surface area contributed by atoms with Crippen LogP contribution in [0.5, 0.6) is 0 Å². The first-order valence-electron chi connectivity index (χ1n) is 4.06. The van der Waals surface area contributed by atoms with Gasteiger partial charge in [-0.3, -0.25) is 0 Å². The van der Waals surface area contributed by atoms with Crippen molar-refractivity contribution in [2.75, 3.05) is 12.3 Å². The van der Waals surface area contributed by atoms with Crippen LogP contribution in [0.15, 0.2) is 22.7 Å². The molecule has 1 saturated heterocycles. The maximum Gasteiger partial charge on any atom is 0.0373 e. The summed E-state index contributed by atoms with van der Waals surface area (Å²) in [5.74, 6) is 0. The van der Waals surface area contributed by atoms with Crippen LogP contribution in [-0.2, 0) is 0 Å². The molecular weight excluding hydrogens is 216 g/mol. The van der Waals surface area contributed by atoms with Crippen molar-refractivity contribution in [1.29, 1.82) is 0 Å². The SMILES string of the molecule is Nc1cccc(Br)c1[C@H]1CCN1. The maximum absolute atomic E-state index is 5.86. The minimum Gasteiger partial charge on any atom is -0.398 e. The molecule has 1 aromatic carbocycles. The molecule has 64 valence electrons. The van der Waals surface area contributed by atoms with E-state index in [1.807, 2.05) is 18.2 Å². The number of benzene rings is 1. The van der Waals surface area contributed by atoms with Crippen molar-refractivity contribution in [3.05, 3.63) is 28.2 Å². The number of halogens is 1. The predicted octanol–water partition coefficient (Wildman–Crippen LogP) is 2.07. The third-order valence-electron chi connectivity index (χ3n) is 2.26. The molecule has 1 atom stereocenters. The number of nitrogen functional groups attached to an aromatic ring is 1. The number of nitrogens with two attached hydrogens (primary N) is 1. The first-order valence-corrected chi connectivity index (χ1v) is 4.85. The third-order valence-corrected chi connectivity index (χ3v) is 2.95. The Bertz CT molecular complexity index is 274. The van der Waals surface area contributed by atoms with Gasteiger partial charge in [-0.1, -0.05) is 22.0 Å². The Morgan fingerprint density at radius 2 is 2.25 bits per heavy atom. The molecule has 0 aromatic heterocycles. The molecule has 3 N–H and O–H groups in total. The molecule has 1 fully saturated rings. The van der Waals surface area contributed by atoms with E-state index in [2.05, 4.69) is 21.2 Å². The van der Waals surface area contributed by atoms with Crippen LogP contribution in [0, 0.1) is 0 Å². The highest BCUT2D eigenvalue weighted by atomic mass is 79.9. The maximum atomic E-state index is 5.86. The van der Waals surface area contributed by atoms with Gasteiger partial charge in [0.05, 0.1) is 0 Å². The Kier molecular flexibility index (Phi) is 2.07. The van der Waals surface area contributed by atoms with Gasteiger partial charge in [-0.15, -0.1) is 0 Å². The molecule has 1 aromatic rings. The molecule has 1 heterocycles. The van der Waals surface area contributed by atoms with E-state index in [9.17, 15) is 0 Å². The third kappa shape index (κ3) is 1.23. The second-order valence-corrected chi connectivity index (χ2v) is 3.89. The Labute approximate surface area is 80.3 Å². The number of nitrogens with one attached hydrogen (secondary N) is 1. The summed E-state index contributed by atoms with van der Waals surface area (Å²) in [6, 6.07) is 6.40. The van der Waals surface area contributed by atoms with Gasteiger partial charge in [0.2, 0.25) is 0 Å². The highest BCUT2D eigenvalue weighted by Gasteiger charge is 2.22. The summed E-state index contributed by atoms with van der Waals surface area (Å²) in [5, 5.41) is 3.33. The van der Waals surface area contributed by atoms with Gasteiger partial charge in [-0.05, 0) is 25.1 Å². The van der Waals surface area contributed by atoms with Gasteiger partial charge < -0.3 is 11.1 Å². The van der Waals surface area contributed by atoms with Gasteiger partial charge in [-0.2, -0.15) is 0 Å². The molecule has 0 spiro atoms. The molecule has 1 aliphatic heterocycles. The monoisotopic (exact) mass is 226 g/mol. The van der Waals surface area contributed by atoms with Crippen LogP contribution in [0.2, 0.25) is 0 Å². The average molecular weight is 227 g/mol. The quantitative estimate of drug-likeness (QED) is 0.720. The minimum atomic E-state index is 0.459. The summed E-state index contributed by atoms with van der Waals surface area (Å²) >= 11 is 3.50. The highest BCUT2D eigenvalue weighted by Crippen LogP contribution is 2.33. The van der Waals surface area contributed by atoms with Crippen molar-refractivity contribution in [3.63, 3.8) is 0 Å². The molecule has 2 rings (SSSR count). The van der Waals surface area contributed by atoms with E-state index in [1.165, 1.54) is 12.0 Å². The lowest BCUT2D eigenvalue weighted by Gasteiger charge is -2.29. The van der Waals surface area contributed by atoms with Gasteiger partial charge in [0.1, 0.15) is 0 Å². The first kappa shape index (κ1) is 8.08. The summed E-state index contributed by atoms with van der Waals surface area (Å²) in [5.41, 5.74) is 7.95. The van der Waals surface area contributed by atoms with Crippen molar-refractivity contribution in [3.8, 4) is 0 Å². The lowest BCUT2D eigenvalue weighted by Crippen LogP contribution is -2.35. The summed E-state index contributed by atoms with van der Waals surface area (Å²) in [6.07, 6.45) is 1.19. The van der Waals surface area contributed by atoms with Crippen molar-refractivity contribution >= 4 is 21.6 Å². The zero-order valence-electron chi connectivity index (χ0n) is 6.68. The molecule has 0 radical (unpaired) electrons. The Balaban J connectivity index is 2.39. The summed E-state index contributed by atoms with van der Waals surface area (Å²) in [6.45, 7) is 1.10. The zero-order chi connectivity index (χ0) is 8.55. The van der Waals surface area contributed by atoms with Crippen molar-refractivity contribution in [2.45, 2.75) is 12.5 Å². The molecule has 3 heteroatoms. The molecule has 0 saturated carbocycles. The van der Waals surface area contributed by atoms with Crippen LogP contribution in [-0.4, -0.2) is 6.54 Å². The largest absolute Gasteiger partial charge is 0.398 e. The van der Waals surface area contributed by atoms with E-state index >= 15 is 0 Å². The van der Waals surface area contributed by atoms with Crippen LogP contribution < -0.4 is 11.1 Å². The topological polar surface area (TPSA) is 38.0 Å². The molecular formula is C9H11BrN2. The van der Waals surface area contributed by atoms with Gasteiger partial charge in [-0.25, -0.2) is 0 Å². The number of hydrogen-bond donors (Lipinski definition) is 2. The number of hydrogen-bond acceptors (Lipinski definition) is 2. The lowest BCUT2D eigenvalue weighted by atomic mass is 9.97. The highest BCUT2D eigenvalue weighted by molar-refractivity contribution is 9.10. The van der Waals surface area contributed by atoms with Gasteiger partial charge in [0, 0.05) is 21.8 Å².